The molecule has 0 spiro atoms. The number of nitriles is 1. The van der Waals surface area contributed by atoms with E-state index >= 15 is 0 Å². The Kier molecular flexibility index (Phi) is 5.15. The molecule has 128 valence electrons. The predicted molar refractivity (Wildman–Crippen MR) is 96.6 cm³/mol. The van der Waals surface area contributed by atoms with Crippen molar-refractivity contribution < 1.29 is 4.79 Å². The number of aryl methyl sites for hydroxylation is 1. The van der Waals surface area contributed by atoms with Crippen molar-refractivity contribution in [3.05, 3.63) is 77.5 Å². The number of amides is 1. The van der Waals surface area contributed by atoms with Crippen LogP contribution in [0.5, 0.6) is 0 Å². The smallest absolute Gasteiger partial charge is 0.270 e. The third-order valence-electron chi connectivity index (χ3n) is 3.56. The number of anilines is 2. The van der Waals surface area contributed by atoms with Crippen LogP contribution in [-0.4, -0.2) is 20.9 Å². The van der Waals surface area contributed by atoms with Gasteiger partial charge in [-0.05, 0) is 30.7 Å². The molecule has 7 nitrogen and oxygen atoms in total. The highest BCUT2D eigenvalue weighted by Gasteiger charge is 2.11. The third kappa shape index (κ3) is 4.19. The molecule has 0 unspecified atom stereocenters. The van der Waals surface area contributed by atoms with E-state index in [0.29, 0.717) is 29.4 Å². The van der Waals surface area contributed by atoms with Gasteiger partial charge in [-0.1, -0.05) is 18.2 Å². The van der Waals surface area contributed by atoms with Gasteiger partial charge in [0.2, 0.25) is 0 Å². The molecule has 0 saturated heterocycles. The minimum atomic E-state index is -0.309. The average molecular weight is 344 g/mol. The van der Waals surface area contributed by atoms with Crippen LogP contribution in [0.1, 0.15) is 27.4 Å². The molecule has 0 aliphatic heterocycles. The summed E-state index contributed by atoms with van der Waals surface area (Å²) in [6, 6.07) is 14.4. The number of nitrogens with one attached hydrogen (secondary N) is 2. The largest absolute Gasteiger partial charge is 0.347 e. The summed E-state index contributed by atoms with van der Waals surface area (Å²) in [5, 5.41) is 15.1. The lowest BCUT2D eigenvalue weighted by molar-refractivity contribution is 0.0945. The molecular formula is C19H16N6O. The van der Waals surface area contributed by atoms with Crippen LogP contribution in [0.15, 0.2) is 54.9 Å². The van der Waals surface area contributed by atoms with Crippen LogP contribution in [0.3, 0.4) is 0 Å². The lowest BCUT2D eigenvalue weighted by Crippen LogP contribution is -2.24. The Morgan fingerprint density at radius 1 is 1.19 bits per heavy atom. The van der Waals surface area contributed by atoms with E-state index < -0.39 is 0 Å². The van der Waals surface area contributed by atoms with Crippen LogP contribution in [0.25, 0.3) is 0 Å². The van der Waals surface area contributed by atoms with Gasteiger partial charge < -0.3 is 10.6 Å². The van der Waals surface area contributed by atoms with Gasteiger partial charge >= 0.3 is 0 Å². The average Bonchev–Trinajstić information content (AvgIpc) is 2.67. The van der Waals surface area contributed by atoms with Crippen molar-refractivity contribution >= 4 is 17.4 Å². The monoisotopic (exact) mass is 344 g/mol. The molecule has 3 aromatic rings. The molecule has 0 fully saturated rings. The van der Waals surface area contributed by atoms with Crippen LogP contribution >= 0.6 is 0 Å². The molecule has 2 heterocycles. The number of para-hydroxylation sites is 1. The molecule has 0 atom stereocenters. The quantitative estimate of drug-likeness (QED) is 0.737. The molecule has 2 aromatic heterocycles. The zero-order valence-corrected chi connectivity index (χ0v) is 14.1. The fraction of sp³-hybridized carbons (Fsp3) is 0.105. The number of carbonyl (C=O) groups excluding carboxylic acids is 1. The zero-order chi connectivity index (χ0) is 18.4. The maximum absolute atomic E-state index is 12.4. The second-order valence-corrected chi connectivity index (χ2v) is 5.51. The lowest BCUT2D eigenvalue weighted by Gasteiger charge is -2.10. The molecule has 1 amide bonds. The van der Waals surface area contributed by atoms with Crippen molar-refractivity contribution in [2.24, 2.45) is 0 Å². The lowest BCUT2D eigenvalue weighted by atomic mass is 10.2. The Balaban J connectivity index is 1.77. The Bertz CT molecular complexity index is 965. The van der Waals surface area contributed by atoms with Gasteiger partial charge in [-0.25, -0.2) is 9.97 Å². The molecule has 7 heteroatoms. The van der Waals surface area contributed by atoms with E-state index in [2.05, 4.69) is 31.7 Å². The number of rotatable bonds is 5. The molecule has 0 aliphatic rings. The molecule has 0 bridgehead atoms. The summed E-state index contributed by atoms with van der Waals surface area (Å²) in [7, 11) is 0. The number of benzene rings is 1. The predicted octanol–water partition coefficient (Wildman–Crippen LogP) is 2.73. The maximum atomic E-state index is 12.4. The van der Waals surface area contributed by atoms with E-state index in [1.165, 1.54) is 0 Å². The Morgan fingerprint density at radius 3 is 2.81 bits per heavy atom. The fourth-order valence-electron chi connectivity index (χ4n) is 2.35. The van der Waals surface area contributed by atoms with Gasteiger partial charge in [-0.3, -0.25) is 9.78 Å². The van der Waals surface area contributed by atoms with E-state index in [1.807, 2.05) is 18.2 Å². The number of aromatic nitrogens is 3. The number of hydrogen-bond acceptors (Lipinski definition) is 6. The first-order chi connectivity index (χ1) is 12.7. The van der Waals surface area contributed by atoms with E-state index in [-0.39, 0.29) is 11.6 Å². The van der Waals surface area contributed by atoms with Crippen LogP contribution in [-0.2, 0) is 6.54 Å². The normalized spacial score (nSPS) is 10.0. The summed E-state index contributed by atoms with van der Waals surface area (Å²) in [5.41, 5.74) is 2.26. The van der Waals surface area contributed by atoms with Crippen LogP contribution in [0, 0.1) is 18.3 Å². The SMILES string of the molecule is Cc1nc(Nc2ccccc2C#N)cc(C(=O)NCc2cccnc2)n1. The van der Waals surface area contributed by atoms with Gasteiger partial charge in [0.25, 0.3) is 5.91 Å². The Labute approximate surface area is 150 Å². The van der Waals surface area contributed by atoms with Crippen LogP contribution in [0.4, 0.5) is 11.5 Å². The number of hydrogen-bond donors (Lipinski definition) is 2. The van der Waals surface area contributed by atoms with Crippen molar-refractivity contribution in [1.82, 2.24) is 20.3 Å². The molecule has 26 heavy (non-hydrogen) atoms. The highest BCUT2D eigenvalue weighted by molar-refractivity contribution is 5.93. The topological polar surface area (TPSA) is 104 Å². The summed E-state index contributed by atoms with van der Waals surface area (Å²) < 4.78 is 0. The fourth-order valence-corrected chi connectivity index (χ4v) is 2.35. The summed E-state index contributed by atoms with van der Waals surface area (Å²) in [4.78, 5) is 24.9. The van der Waals surface area contributed by atoms with Crippen LogP contribution in [0.2, 0.25) is 0 Å². The van der Waals surface area contributed by atoms with E-state index in [9.17, 15) is 10.1 Å². The number of pyridine rings is 1. The summed E-state index contributed by atoms with van der Waals surface area (Å²) in [5.74, 6) is 0.596. The Hall–Kier alpha value is -3.79. The summed E-state index contributed by atoms with van der Waals surface area (Å²) >= 11 is 0. The Morgan fingerprint density at radius 2 is 2.04 bits per heavy atom. The second-order valence-electron chi connectivity index (χ2n) is 5.51. The van der Waals surface area contributed by atoms with Gasteiger partial charge in [0.1, 0.15) is 23.4 Å². The van der Waals surface area contributed by atoms with E-state index in [4.69, 9.17) is 0 Å². The van der Waals surface area contributed by atoms with Gasteiger partial charge in [0, 0.05) is 25.0 Å². The molecule has 1 aromatic carbocycles. The standard InChI is InChI=1S/C19H16N6O/c1-13-23-17(19(26)22-12-14-5-4-8-21-11-14)9-18(24-13)25-16-7-3-2-6-15(16)10-20/h2-9,11H,12H2,1H3,(H,22,26)(H,23,24,25). The summed E-state index contributed by atoms with van der Waals surface area (Å²) in [6.45, 7) is 2.06. The molecule has 0 radical (unpaired) electrons. The highest BCUT2D eigenvalue weighted by atomic mass is 16.1. The van der Waals surface area contributed by atoms with E-state index in [1.54, 1.807) is 43.6 Å². The van der Waals surface area contributed by atoms with Crippen molar-refractivity contribution in [1.29, 1.82) is 5.26 Å². The molecular weight excluding hydrogens is 328 g/mol. The van der Waals surface area contributed by atoms with Crippen molar-refractivity contribution in [2.45, 2.75) is 13.5 Å². The summed E-state index contributed by atoms with van der Waals surface area (Å²) in [6.07, 6.45) is 3.37. The molecule has 3 rings (SSSR count). The van der Waals surface area contributed by atoms with Gasteiger partial charge in [-0.15, -0.1) is 0 Å². The zero-order valence-electron chi connectivity index (χ0n) is 14.1. The van der Waals surface area contributed by atoms with E-state index in [0.717, 1.165) is 5.56 Å². The highest BCUT2D eigenvalue weighted by Crippen LogP contribution is 2.19. The van der Waals surface area contributed by atoms with Crippen molar-refractivity contribution in [3.63, 3.8) is 0 Å². The van der Waals surface area contributed by atoms with Gasteiger partial charge in [0.05, 0.1) is 11.3 Å². The first kappa shape index (κ1) is 17.0. The number of carbonyl (C=O) groups is 1. The third-order valence-corrected chi connectivity index (χ3v) is 3.56. The molecule has 2 N–H and O–H groups in total. The number of nitrogens with zero attached hydrogens (tertiary/aromatic N) is 4. The minimum absolute atomic E-state index is 0.248. The van der Waals surface area contributed by atoms with Crippen molar-refractivity contribution in [3.8, 4) is 6.07 Å². The van der Waals surface area contributed by atoms with Crippen molar-refractivity contribution in [2.75, 3.05) is 5.32 Å². The van der Waals surface area contributed by atoms with Crippen LogP contribution < -0.4 is 10.6 Å². The first-order valence-corrected chi connectivity index (χ1v) is 7.94. The first-order valence-electron chi connectivity index (χ1n) is 7.94. The van der Waals surface area contributed by atoms with Gasteiger partial charge in [-0.2, -0.15) is 5.26 Å². The molecule has 0 saturated carbocycles. The second kappa shape index (κ2) is 7.85. The molecule has 0 aliphatic carbocycles. The minimum Gasteiger partial charge on any atom is -0.347 e. The van der Waals surface area contributed by atoms with Gasteiger partial charge in [0.15, 0.2) is 0 Å². The maximum Gasteiger partial charge on any atom is 0.270 e.